The number of rotatable bonds is 3. The van der Waals surface area contributed by atoms with Gasteiger partial charge in [-0.15, -0.1) is 0 Å². The number of nitrogens with one attached hydrogen (secondary N) is 1. The standard InChI is InChI=1S/C14H20ClN3O/c1-2-17-6-8-18(9-7-17)14(19)16-11-12-4-3-5-13(15)10-12/h3-5,10H,2,6-9,11H2,1H3,(H,16,19). The van der Waals surface area contributed by atoms with Crippen molar-refractivity contribution < 1.29 is 4.79 Å². The highest BCUT2D eigenvalue weighted by Gasteiger charge is 2.19. The summed E-state index contributed by atoms with van der Waals surface area (Å²) in [6.45, 7) is 7.24. The van der Waals surface area contributed by atoms with Crippen LogP contribution < -0.4 is 5.32 Å². The fourth-order valence-electron chi connectivity index (χ4n) is 2.20. The van der Waals surface area contributed by atoms with Crippen LogP contribution in [0.4, 0.5) is 4.79 Å². The van der Waals surface area contributed by atoms with Crippen molar-refractivity contribution in [3.05, 3.63) is 34.9 Å². The lowest BCUT2D eigenvalue weighted by Crippen LogP contribution is -2.51. The largest absolute Gasteiger partial charge is 0.334 e. The second-order valence-corrected chi connectivity index (χ2v) is 5.15. The molecule has 1 N–H and O–H groups in total. The molecule has 0 saturated carbocycles. The number of benzene rings is 1. The van der Waals surface area contributed by atoms with Crippen LogP contribution in [-0.4, -0.2) is 48.6 Å². The summed E-state index contributed by atoms with van der Waals surface area (Å²) in [5.41, 5.74) is 1.02. The minimum absolute atomic E-state index is 0.00993. The number of halogens is 1. The number of hydrogen-bond donors (Lipinski definition) is 1. The summed E-state index contributed by atoms with van der Waals surface area (Å²) in [5.74, 6) is 0. The molecule has 1 heterocycles. The number of amides is 2. The van der Waals surface area contributed by atoms with Crippen LogP contribution in [0.5, 0.6) is 0 Å². The predicted molar refractivity (Wildman–Crippen MR) is 77.4 cm³/mol. The average Bonchev–Trinajstić information content (AvgIpc) is 2.45. The van der Waals surface area contributed by atoms with Crippen molar-refractivity contribution in [2.24, 2.45) is 0 Å². The van der Waals surface area contributed by atoms with Gasteiger partial charge in [0.05, 0.1) is 0 Å². The van der Waals surface area contributed by atoms with Gasteiger partial charge in [-0.2, -0.15) is 0 Å². The Balaban J connectivity index is 1.79. The molecule has 4 nitrogen and oxygen atoms in total. The Morgan fingerprint density at radius 2 is 2.05 bits per heavy atom. The second-order valence-electron chi connectivity index (χ2n) is 4.71. The molecule has 1 aliphatic heterocycles. The average molecular weight is 282 g/mol. The van der Waals surface area contributed by atoms with Crippen molar-refractivity contribution in [2.75, 3.05) is 32.7 Å². The molecule has 1 fully saturated rings. The van der Waals surface area contributed by atoms with E-state index < -0.39 is 0 Å². The summed E-state index contributed by atoms with van der Waals surface area (Å²) >= 11 is 5.91. The van der Waals surface area contributed by atoms with Gasteiger partial charge in [0.25, 0.3) is 0 Å². The van der Waals surface area contributed by atoms with Gasteiger partial charge in [0, 0.05) is 37.7 Å². The molecule has 0 aromatic heterocycles. The van der Waals surface area contributed by atoms with Crippen LogP contribution in [0.15, 0.2) is 24.3 Å². The lowest BCUT2D eigenvalue weighted by atomic mass is 10.2. The van der Waals surface area contributed by atoms with E-state index in [1.807, 2.05) is 29.2 Å². The van der Waals surface area contributed by atoms with E-state index in [9.17, 15) is 4.79 Å². The highest BCUT2D eigenvalue weighted by Crippen LogP contribution is 2.10. The third-order valence-electron chi connectivity index (χ3n) is 3.44. The quantitative estimate of drug-likeness (QED) is 0.922. The zero-order valence-electron chi connectivity index (χ0n) is 11.2. The molecule has 1 aromatic rings. The molecule has 2 rings (SSSR count). The molecule has 2 amide bonds. The van der Waals surface area contributed by atoms with E-state index in [4.69, 9.17) is 11.6 Å². The van der Waals surface area contributed by atoms with Crippen LogP contribution in [0.1, 0.15) is 12.5 Å². The normalized spacial score (nSPS) is 16.4. The van der Waals surface area contributed by atoms with Gasteiger partial charge < -0.3 is 15.1 Å². The zero-order valence-corrected chi connectivity index (χ0v) is 12.0. The van der Waals surface area contributed by atoms with Gasteiger partial charge in [-0.1, -0.05) is 30.7 Å². The zero-order chi connectivity index (χ0) is 13.7. The van der Waals surface area contributed by atoms with Crippen molar-refractivity contribution in [2.45, 2.75) is 13.5 Å². The molecule has 1 aliphatic rings. The molecular weight excluding hydrogens is 262 g/mol. The third-order valence-corrected chi connectivity index (χ3v) is 3.67. The minimum Gasteiger partial charge on any atom is -0.334 e. The number of carbonyl (C=O) groups is 1. The van der Waals surface area contributed by atoms with E-state index in [0.717, 1.165) is 38.3 Å². The molecule has 0 unspecified atom stereocenters. The summed E-state index contributed by atoms with van der Waals surface area (Å²) in [6, 6.07) is 7.56. The molecule has 104 valence electrons. The van der Waals surface area contributed by atoms with Crippen molar-refractivity contribution in [1.29, 1.82) is 0 Å². The number of hydrogen-bond acceptors (Lipinski definition) is 2. The minimum atomic E-state index is 0.00993. The lowest BCUT2D eigenvalue weighted by molar-refractivity contribution is 0.142. The van der Waals surface area contributed by atoms with Gasteiger partial charge >= 0.3 is 6.03 Å². The van der Waals surface area contributed by atoms with E-state index in [2.05, 4.69) is 17.1 Å². The van der Waals surface area contributed by atoms with Gasteiger partial charge in [-0.25, -0.2) is 4.79 Å². The van der Waals surface area contributed by atoms with Gasteiger partial charge in [-0.05, 0) is 24.2 Å². The maximum Gasteiger partial charge on any atom is 0.317 e. The fourth-order valence-corrected chi connectivity index (χ4v) is 2.42. The Morgan fingerprint density at radius 3 is 2.68 bits per heavy atom. The Bertz CT molecular complexity index is 430. The van der Waals surface area contributed by atoms with Crippen molar-refractivity contribution >= 4 is 17.6 Å². The van der Waals surface area contributed by atoms with Crippen LogP contribution in [0.3, 0.4) is 0 Å². The maximum atomic E-state index is 12.0. The van der Waals surface area contributed by atoms with Crippen LogP contribution >= 0.6 is 11.6 Å². The first-order valence-electron chi connectivity index (χ1n) is 6.68. The van der Waals surface area contributed by atoms with Gasteiger partial charge in [-0.3, -0.25) is 0 Å². The van der Waals surface area contributed by atoms with E-state index in [0.29, 0.717) is 11.6 Å². The topological polar surface area (TPSA) is 35.6 Å². The Hall–Kier alpha value is -1.26. The number of carbonyl (C=O) groups excluding carboxylic acids is 1. The number of piperazine rings is 1. The number of nitrogens with zero attached hydrogens (tertiary/aromatic N) is 2. The summed E-state index contributed by atoms with van der Waals surface area (Å²) in [7, 11) is 0. The lowest BCUT2D eigenvalue weighted by Gasteiger charge is -2.34. The number of likely N-dealkylation sites (N-methyl/N-ethyl adjacent to an activating group) is 1. The smallest absolute Gasteiger partial charge is 0.317 e. The number of urea groups is 1. The first-order valence-corrected chi connectivity index (χ1v) is 7.06. The fraction of sp³-hybridized carbons (Fsp3) is 0.500. The Labute approximate surface area is 119 Å². The second kappa shape index (κ2) is 6.78. The molecule has 0 bridgehead atoms. The van der Waals surface area contributed by atoms with Crippen LogP contribution in [0.25, 0.3) is 0 Å². The van der Waals surface area contributed by atoms with E-state index >= 15 is 0 Å². The summed E-state index contributed by atoms with van der Waals surface area (Å²) in [6.07, 6.45) is 0. The molecule has 0 atom stereocenters. The first-order chi connectivity index (χ1) is 9.19. The summed E-state index contributed by atoms with van der Waals surface area (Å²) in [5, 5.41) is 3.64. The van der Waals surface area contributed by atoms with E-state index in [1.165, 1.54) is 0 Å². The Kier molecular flexibility index (Phi) is 5.05. The van der Waals surface area contributed by atoms with Gasteiger partial charge in [0.1, 0.15) is 0 Å². The predicted octanol–water partition coefficient (Wildman–Crippen LogP) is 2.19. The highest BCUT2D eigenvalue weighted by molar-refractivity contribution is 6.30. The summed E-state index contributed by atoms with van der Waals surface area (Å²) < 4.78 is 0. The first kappa shape index (κ1) is 14.2. The molecule has 0 spiro atoms. The van der Waals surface area contributed by atoms with Crippen LogP contribution in [0.2, 0.25) is 5.02 Å². The van der Waals surface area contributed by atoms with Crippen LogP contribution in [-0.2, 0) is 6.54 Å². The molecule has 5 heteroatoms. The molecule has 0 aliphatic carbocycles. The Morgan fingerprint density at radius 1 is 1.32 bits per heavy atom. The van der Waals surface area contributed by atoms with Crippen molar-refractivity contribution in [3.8, 4) is 0 Å². The summed E-state index contributed by atoms with van der Waals surface area (Å²) in [4.78, 5) is 16.2. The van der Waals surface area contributed by atoms with Crippen LogP contribution in [0, 0.1) is 0 Å². The van der Waals surface area contributed by atoms with E-state index in [1.54, 1.807) is 0 Å². The SMILES string of the molecule is CCN1CCN(C(=O)NCc2cccc(Cl)c2)CC1. The molecule has 0 radical (unpaired) electrons. The van der Waals surface area contributed by atoms with Crippen molar-refractivity contribution in [3.63, 3.8) is 0 Å². The molecular formula is C14H20ClN3O. The molecule has 1 aromatic carbocycles. The van der Waals surface area contributed by atoms with Crippen molar-refractivity contribution in [1.82, 2.24) is 15.1 Å². The van der Waals surface area contributed by atoms with Gasteiger partial charge in [0.2, 0.25) is 0 Å². The molecule has 1 saturated heterocycles. The maximum absolute atomic E-state index is 12.0. The highest BCUT2D eigenvalue weighted by atomic mass is 35.5. The van der Waals surface area contributed by atoms with E-state index in [-0.39, 0.29) is 6.03 Å². The third kappa shape index (κ3) is 4.11. The molecule has 19 heavy (non-hydrogen) atoms. The monoisotopic (exact) mass is 281 g/mol. The van der Waals surface area contributed by atoms with Gasteiger partial charge in [0.15, 0.2) is 0 Å².